The Morgan fingerprint density at radius 2 is 2.00 bits per heavy atom. The van der Waals surface area contributed by atoms with Crippen LogP contribution < -0.4 is 11.1 Å². The number of aryl methyl sites for hydroxylation is 1. The van der Waals surface area contributed by atoms with Crippen molar-refractivity contribution in [2.24, 2.45) is 0 Å². The van der Waals surface area contributed by atoms with Gasteiger partial charge in [-0.2, -0.15) is 0 Å². The minimum Gasteiger partial charge on any atom is -0.397 e. The SMILES string of the molecule is Nc1ccc(Br)cc1NCCCc1cccc(F)c1. The molecule has 0 radical (unpaired) electrons. The smallest absolute Gasteiger partial charge is 0.123 e. The van der Waals surface area contributed by atoms with Gasteiger partial charge in [0.15, 0.2) is 0 Å². The van der Waals surface area contributed by atoms with Crippen LogP contribution in [-0.2, 0) is 6.42 Å². The molecule has 19 heavy (non-hydrogen) atoms. The maximum atomic E-state index is 13.0. The van der Waals surface area contributed by atoms with Crippen LogP contribution in [0.2, 0.25) is 0 Å². The molecule has 0 fully saturated rings. The van der Waals surface area contributed by atoms with E-state index in [2.05, 4.69) is 21.2 Å². The average Bonchev–Trinajstić information content (AvgIpc) is 2.39. The van der Waals surface area contributed by atoms with Gasteiger partial charge in [0.25, 0.3) is 0 Å². The summed E-state index contributed by atoms with van der Waals surface area (Å²) in [5.41, 5.74) is 8.54. The zero-order chi connectivity index (χ0) is 13.7. The van der Waals surface area contributed by atoms with Crippen molar-refractivity contribution in [1.82, 2.24) is 0 Å². The molecule has 3 N–H and O–H groups in total. The zero-order valence-corrected chi connectivity index (χ0v) is 12.1. The number of nitrogens with two attached hydrogens (primary N) is 1. The molecule has 0 aliphatic rings. The second-order valence-electron chi connectivity index (χ2n) is 4.39. The molecule has 0 saturated heterocycles. The van der Waals surface area contributed by atoms with Crippen molar-refractivity contribution in [3.8, 4) is 0 Å². The van der Waals surface area contributed by atoms with Crippen LogP contribution in [0.15, 0.2) is 46.9 Å². The van der Waals surface area contributed by atoms with Crippen LogP contribution in [0, 0.1) is 5.82 Å². The third-order valence-electron chi connectivity index (χ3n) is 2.86. The topological polar surface area (TPSA) is 38.0 Å². The Morgan fingerprint density at radius 1 is 1.16 bits per heavy atom. The maximum Gasteiger partial charge on any atom is 0.123 e. The van der Waals surface area contributed by atoms with E-state index < -0.39 is 0 Å². The number of nitrogen functional groups attached to an aromatic ring is 1. The zero-order valence-electron chi connectivity index (χ0n) is 10.5. The fraction of sp³-hybridized carbons (Fsp3) is 0.200. The van der Waals surface area contributed by atoms with E-state index in [1.165, 1.54) is 6.07 Å². The first kappa shape index (κ1) is 13.9. The molecule has 0 aliphatic heterocycles. The molecule has 2 nitrogen and oxygen atoms in total. The van der Waals surface area contributed by atoms with Crippen molar-refractivity contribution in [3.63, 3.8) is 0 Å². The van der Waals surface area contributed by atoms with Crippen molar-refractivity contribution in [3.05, 3.63) is 58.3 Å². The number of nitrogens with one attached hydrogen (secondary N) is 1. The Hall–Kier alpha value is -1.55. The monoisotopic (exact) mass is 322 g/mol. The minimum atomic E-state index is -0.179. The summed E-state index contributed by atoms with van der Waals surface area (Å²) in [6, 6.07) is 12.4. The first-order chi connectivity index (χ1) is 9.15. The quantitative estimate of drug-likeness (QED) is 0.639. The van der Waals surface area contributed by atoms with E-state index in [0.29, 0.717) is 0 Å². The molecule has 0 saturated carbocycles. The van der Waals surface area contributed by atoms with Crippen molar-refractivity contribution in [2.45, 2.75) is 12.8 Å². The van der Waals surface area contributed by atoms with E-state index in [1.807, 2.05) is 24.3 Å². The Bertz CT molecular complexity index is 558. The van der Waals surface area contributed by atoms with E-state index in [0.717, 1.165) is 40.8 Å². The Morgan fingerprint density at radius 3 is 2.79 bits per heavy atom. The van der Waals surface area contributed by atoms with E-state index in [-0.39, 0.29) is 5.82 Å². The summed E-state index contributed by atoms with van der Waals surface area (Å²) in [6.07, 6.45) is 1.77. The van der Waals surface area contributed by atoms with E-state index >= 15 is 0 Å². The maximum absolute atomic E-state index is 13.0. The standard InChI is InChI=1S/C15H16BrFN2/c16-12-6-7-14(18)15(10-12)19-8-2-4-11-3-1-5-13(17)9-11/h1,3,5-7,9-10,19H,2,4,8,18H2. The number of hydrogen-bond acceptors (Lipinski definition) is 2. The Kier molecular flexibility index (Phi) is 4.80. The lowest BCUT2D eigenvalue weighted by Gasteiger charge is -2.09. The summed E-state index contributed by atoms with van der Waals surface area (Å²) in [6.45, 7) is 0.803. The van der Waals surface area contributed by atoms with Gasteiger partial charge in [-0.1, -0.05) is 28.1 Å². The lowest BCUT2D eigenvalue weighted by Crippen LogP contribution is -2.05. The van der Waals surface area contributed by atoms with Gasteiger partial charge in [-0.05, 0) is 48.7 Å². The highest BCUT2D eigenvalue weighted by Crippen LogP contribution is 2.23. The van der Waals surface area contributed by atoms with Crippen LogP contribution in [0.5, 0.6) is 0 Å². The Labute approximate surface area is 121 Å². The first-order valence-corrected chi connectivity index (χ1v) is 6.98. The lowest BCUT2D eigenvalue weighted by molar-refractivity contribution is 0.625. The van der Waals surface area contributed by atoms with Gasteiger partial charge in [0.05, 0.1) is 11.4 Å². The van der Waals surface area contributed by atoms with Crippen molar-refractivity contribution < 1.29 is 4.39 Å². The van der Waals surface area contributed by atoms with Crippen molar-refractivity contribution >= 4 is 27.3 Å². The van der Waals surface area contributed by atoms with Gasteiger partial charge in [-0.25, -0.2) is 4.39 Å². The highest BCUT2D eigenvalue weighted by Gasteiger charge is 2.00. The van der Waals surface area contributed by atoms with Gasteiger partial charge < -0.3 is 11.1 Å². The lowest BCUT2D eigenvalue weighted by atomic mass is 10.1. The molecular formula is C15H16BrFN2. The fourth-order valence-electron chi connectivity index (χ4n) is 1.89. The third kappa shape index (κ3) is 4.24. The molecule has 4 heteroatoms. The normalized spacial score (nSPS) is 10.4. The summed E-state index contributed by atoms with van der Waals surface area (Å²) in [4.78, 5) is 0. The molecule has 0 unspecified atom stereocenters. The predicted octanol–water partition coefficient (Wildman–Crippen LogP) is 4.22. The number of anilines is 2. The summed E-state index contributed by atoms with van der Waals surface area (Å²) < 4.78 is 14.0. The summed E-state index contributed by atoms with van der Waals surface area (Å²) in [7, 11) is 0. The highest BCUT2D eigenvalue weighted by atomic mass is 79.9. The summed E-state index contributed by atoms with van der Waals surface area (Å²) in [5, 5.41) is 3.29. The van der Waals surface area contributed by atoms with E-state index in [1.54, 1.807) is 12.1 Å². The molecule has 0 spiro atoms. The predicted molar refractivity (Wildman–Crippen MR) is 81.8 cm³/mol. The fourth-order valence-corrected chi connectivity index (χ4v) is 2.25. The molecule has 2 rings (SSSR count). The van der Waals surface area contributed by atoms with Gasteiger partial charge >= 0.3 is 0 Å². The molecule has 2 aromatic carbocycles. The second-order valence-corrected chi connectivity index (χ2v) is 5.31. The van der Waals surface area contributed by atoms with Gasteiger partial charge in [-0.3, -0.25) is 0 Å². The van der Waals surface area contributed by atoms with Gasteiger partial charge in [0.1, 0.15) is 5.82 Å². The van der Waals surface area contributed by atoms with E-state index in [9.17, 15) is 4.39 Å². The number of benzene rings is 2. The molecule has 0 heterocycles. The first-order valence-electron chi connectivity index (χ1n) is 6.18. The van der Waals surface area contributed by atoms with Gasteiger partial charge in [0, 0.05) is 11.0 Å². The summed E-state index contributed by atoms with van der Waals surface area (Å²) in [5.74, 6) is -0.179. The average molecular weight is 323 g/mol. The molecule has 0 atom stereocenters. The Balaban J connectivity index is 1.82. The van der Waals surface area contributed by atoms with Gasteiger partial charge in [0.2, 0.25) is 0 Å². The van der Waals surface area contributed by atoms with Crippen LogP contribution in [0.4, 0.5) is 15.8 Å². The van der Waals surface area contributed by atoms with Crippen LogP contribution in [-0.4, -0.2) is 6.54 Å². The van der Waals surface area contributed by atoms with Crippen LogP contribution in [0.3, 0.4) is 0 Å². The molecule has 0 aromatic heterocycles. The third-order valence-corrected chi connectivity index (χ3v) is 3.36. The molecule has 0 aliphatic carbocycles. The number of rotatable bonds is 5. The molecule has 0 amide bonds. The molecule has 2 aromatic rings. The van der Waals surface area contributed by atoms with E-state index in [4.69, 9.17) is 5.73 Å². The molecular weight excluding hydrogens is 307 g/mol. The molecule has 100 valence electrons. The van der Waals surface area contributed by atoms with Crippen LogP contribution in [0.1, 0.15) is 12.0 Å². The van der Waals surface area contributed by atoms with Crippen molar-refractivity contribution in [1.29, 1.82) is 0 Å². The minimum absolute atomic E-state index is 0.179. The number of halogens is 2. The van der Waals surface area contributed by atoms with Crippen LogP contribution in [0.25, 0.3) is 0 Å². The second kappa shape index (κ2) is 6.57. The highest BCUT2D eigenvalue weighted by molar-refractivity contribution is 9.10. The molecule has 0 bridgehead atoms. The summed E-state index contributed by atoms with van der Waals surface area (Å²) >= 11 is 3.41. The van der Waals surface area contributed by atoms with Crippen molar-refractivity contribution in [2.75, 3.05) is 17.6 Å². The van der Waals surface area contributed by atoms with Gasteiger partial charge in [-0.15, -0.1) is 0 Å². The largest absolute Gasteiger partial charge is 0.397 e. The van der Waals surface area contributed by atoms with Crippen LogP contribution >= 0.6 is 15.9 Å². The number of hydrogen-bond donors (Lipinski definition) is 2.